The second-order valence-electron chi connectivity index (χ2n) is 3.46. The molecule has 0 bridgehead atoms. The summed E-state index contributed by atoms with van der Waals surface area (Å²) in [5.74, 6) is -1.29. The van der Waals surface area contributed by atoms with E-state index in [0.29, 0.717) is 20.6 Å². The molecule has 2 heterocycles. The monoisotopic (exact) mass is 295 g/mol. The average Bonchev–Trinajstić information content (AvgIpc) is 2.95. The van der Waals surface area contributed by atoms with Crippen LogP contribution in [0.3, 0.4) is 0 Å². The lowest BCUT2D eigenvalue weighted by molar-refractivity contribution is -0.131. The van der Waals surface area contributed by atoms with Crippen LogP contribution in [0.25, 0.3) is 6.08 Å². The predicted molar refractivity (Wildman–Crippen MR) is 73.6 cm³/mol. The first-order valence-corrected chi connectivity index (χ1v) is 6.84. The fourth-order valence-electron chi connectivity index (χ4n) is 1.25. The normalized spacial score (nSPS) is 10.8. The molecule has 0 fully saturated rings. The molecule has 6 nitrogen and oxygen atoms in total. The Kier molecular flexibility index (Phi) is 4.03. The van der Waals surface area contributed by atoms with Gasteiger partial charge in [-0.25, -0.2) is 14.8 Å². The molecule has 0 aromatic carbocycles. The predicted octanol–water partition coefficient (Wildman–Crippen LogP) is 2.26. The molecule has 98 valence electrons. The van der Waals surface area contributed by atoms with Crippen molar-refractivity contribution in [2.24, 2.45) is 0 Å². The number of aryl methyl sites for hydroxylation is 1. The Morgan fingerprint density at radius 2 is 2.21 bits per heavy atom. The van der Waals surface area contributed by atoms with E-state index in [1.165, 1.54) is 34.9 Å². The maximum Gasteiger partial charge on any atom is 0.328 e. The van der Waals surface area contributed by atoms with Gasteiger partial charge >= 0.3 is 5.97 Å². The zero-order valence-electron chi connectivity index (χ0n) is 9.78. The Balaban J connectivity index is 2.06. The molecule has 2 N–H and O–H groups in total. The number of carbonyl (C=O) groups excluding carboxylic acids is 1. The highest BCUT2D eigenvalue weighted by molar-refractivity contribution is 7.16. The van der Waals surface area contributed by atoms with Gasteiger partial charge in [-0.3, -0.25) is 10.1 Å². The van der Waals surface area contributed by atoms with E-state index in [1.54, 1.807) is 12.4 Å². The lowest BCUT2D eigenvalue weighted by Crippen LogP contribution is -2.11. The summed E-state index contributed by atoms with van der Waals surface area (Å²) in [5.41, 5.74) is 2.28. The molecular formula is C11H9N3O3S2. The van der Waals surface area contributed by atoms with Crippen molar-refractivity contribution in [2.45, 2.75) is 6.92 Å². The molecule has 0 saturated carbocycles. The first-order chi connectivity index (χ1) is 9.06. The van der Waals surface area contributed by atoms with Gasteiger partial charge in [0, 0.05) is 17.2 Å². The van der Waals surface area contributed by atoms with Crippen LogP contribution >= 0.6 is 22.7 Å². The van der Waals surface area contributed by atoms with E-state index in [1.807, 2.05) is 0 Å². The number of carboxylic acid groups (broad SMARTS) is 1. The maximum atomic E-state index is 11.9. The van der Waals surface area contributed by atoms with Gasteiger partial charge in [0.25, 0.3) is 5.91 Å². The summed E-state index contributed by atoms with van der Waals surface area (Å²) in [6.45, 7) is 1.76. The topological polar surface area (TPSA) is 92.2 Å². The standard InChI is InChI=1S/C11H9N3O3S2/c1-6-9(18-5-13-6)10(17)14-11-12-4-7(19-11)2-3-8(15)16/h2-5H,1H3,(H,15,16)(H,12,14,17)/b3-2+. The van der Waals surface area contributed by atoms with Crippen LogP contribution in [-0.2, 0) is 4.79 Å². The van der Waals surface area contributed by atoms with Crippen LogP contribution in [0.5, 0.6) is 0 Å². The van der Waals surface area contributed by atoms with Crippen LogP contribution < -0.4 is 5.32 Å². The molecule has 0 radical (unpaired) electrons. The number of carbonyl (C=O) groups is 2. The van der Waals surface area contributed by atoms with Gasteiger partial charge in [-0.05, 0) is 13.0 Å². The van der Waals surface area contributed by atoms with Gasteiger partial charge in [-0.15, -0.1) is 11.3 Å². The minimum Gasteiger partial charge on any atom is -0.478 e. The van der Waals surface area contributed by atoms with Gasteiger partial charge in [0.2, 0.25) is 0 Å². The number of hydrogen-bond acceptors (Lipinski definition) is 6. The second kappa shape index (κ2) is 5.72. The fraction of sp³-hybridized carbons (Fsp3) is 0.0909. The minimum absolute atomic E-state index is 0.261. The van der Waals surface area contributed by atoms with E-state index in [-0.39, 0.29) is 5.91 Å². The van der Waals surface area contributed by atoms with Gasteiger partial charge in [0.05, 0.1) is 11.2 Å². The Hall–Kier alpha value is -2.06. The number of thiazole rings is 2. The molecule has 2 aromatic heterocycles. The molecule has 1 amide bonds. The quantitative estimate of drug-likeness (QED) is 0.844. The maximum absolute atomic E-state index is 11.9. The van der Waals surface area contributed by atoms with Crippen LogP contribution in [0.1, 0.15) is 20.2 Å². The number of hydrogen-bond donors (Lipinski definition) is 2. The average molecular weight is 295 g/mol. The third-order valence-corrected chi connectivity index (χ3v) is 3.89. The minimum atomic E-state index is -1.03. The largest absolute Gasteiger partial charge is 0.478 e. The Labute approximate surface area is 116 Å². The molecule has 0 aliphatic heterocycles. The van der Waals surface area contributed by atoms with Crippen molar-refractivity contribution in [3.05, 3.63) is 33.2 Å². The van der Waals surface area contributed by atoms with Crippen molar-refractivity contribution in [1.29, 1.82) is 0 Å². The van der Waals surface area contributed by atoms with E-state index in [0.717, 1.165) is 6.08 Å². The number of carboxylic acids is 1. The molecule has 2 aromatic rings. The summed E-state index contributed by atoms with van der Waals surface area (Å²) in [7, 11) is 0. The Bertz CT molecular complexity index is 645. The highest BCUT2D eigenvalue weighted by Gasteiger charge is 2.13. The summed E-state index contributed by atoms with van der Waals surface area (Å²) in [5, 5.41) is 11.6. The van der Waals surface area contributed by atoms with Gasteiger partial charge in [0.15, 0.2) is 5.13 Å². The van der Waals surface area contributed by atoms with E-state index >= 15 is 0 Å². The Morgan fingerprint density at radius 3 is 2.84 bits per heavy atom. The first kappa shape index (κ1) is 13.4. The number of aromatic nitrogens is 2. The van der Waals surface area contributed by atoms with Crippen LogP contribution in [0.15, 0.2) is 17.8 Å². The lowest BCUT2D eigenvalue weighted by Gasteiger charge is -1.98. The molecule has 0 aliphatic rings. The number of anilines is 1. The number of nitrogens with zero attached hydrogens (tertiary/aromatic N) is 2. The van der Waals surface area contributed by atoms with Crippen molar-refractivity contribution < 1.29 is 14.7 Å². The fourth-order valence-corrected chi connectivity index (χ4v) is 2.66. The van der Waals surface area contributed by atoms with E-state index in [9.17, 15) is 9.59 Å². The van der Waals surface area contributed by atoms with Crippen LogP contribution in [0.4, 0.5) is 5.13 Å². The molecule has 8 heteroatoms. The zero-order valence-corrected chi connectivity index (χ0v) is 11.4. The number of nitrogens with one attached hydrogen (secondary N) is 1. The van der Waals surface area contributed by atoms with Crippen molar-refractivity contribution in [3.8, 4) is 0 Å². The summed E-state index contributed by atoms with van der Waals surface area (Å²) in [6, 6.07) is 0. The SMILES string of the molecule is Cc1ncsc1C(=O)Nc1ncc(/C=C/C(=O)O)s1. The molecular weight excluding hydrogens is 286 g/mol. The molecule has 2 rings (SSSR count). The van der Waals surface area contributed by atoms with Gasteiger partial charge < -0.3 is 5.11 Å². The van der Waals surface area contributed by atoms with Crippen LogP contribution in [0, 0.1) is 6.92 Å². The van der Waals surface area contributed by atoms with Crippen molar-refractivity contribution >= 4 is 45.8 Å². The van der Waals surface area contributed by atoms with Gasteiger partial charge in [-0.1, -0.05) is 11.3 Å². The highest BCUT2D eigenvalue weighted by Crippen LogP contribution is 2.21. The molecule has 0 aliphatic carbocycles. The molecule has 0 spiro atoms. The molecule has 0 atom stereocenters. The third kappa shape index (κ3) is 3.46. The molecule has 0 saturated heterocycles. The lowest BCUT2D eigenvalue weighted by atomic mass is 10.4. The van der Waals surface area contributed by atoms with Gasteiger partial charge in [0.1, 0.15) is 4.88 Å². The van der Waals surface area contributed by atoms with E-state index in [2.05, 4.69) is 15.3 Å². The van der Waals surface area contributed by atoms with Crippen molar-refractivity contribution in [1.82, 2.24) is 9.97 Å². The highest BCUT2D eigenvalue weighted by atomic mass is 32.1. The van der Waals surface area contributed by atoms with Crippen LogP contribution in [-0.4, -0.2) is 27.0 Å². The summed E-state index contributed by atoms with van der Waals surface area (Å²) in [4.78, 5) is 31.4. The summed E-state index contributed by atoms with van der Waals surface area (Å²) >= 11 is 2.46. The molecule has 19 heavy (non-hydrogen) atoms. The first-order valence-electron chi connectivity index (χ1n) is 5.14. The third-order valence-electron chi connectivity index (χ3n) is 2.09. The van der Waals surface area contributed by atoms with Gasteiger partial charge in [-0.2, -0.15) is 0 Å². The van der Waals surface area contributed by atoms with E-state index in [4.69, 9.17) is 5.11 Å². The summed E-state index contributed by atoms with van der Waals surface area (Å²) in [6.07, 6.45) is 3.94. The van der Waals surface area contributed by atoms with Crippen LogP contribution in [0.2, 0.25) is 0 Å². The zero-order chi connectivity index (χ0) is 13.8. The van der Waals surface area contributed by atoms with Crippen molar-refractivity contribution in [3.63, 3.8) is 0 Å². The van der Waals surface area contributed by atoms with E-state index < -0.39 is 5.97 Å². The summed E-state index contributed by atoms with van der Waals surface area (Å²) < 4.78 is 0. The number of amides is 1. The second-order valence-corrected chi connectivity index (χ2v) is 5.38. The number of rotatable bonds is 4. The smallest absolute Gasteiger partial charge is 0.328 e. The Morgan fingerprint density at radius 1 is 1.42 bits per heavy atom. The molecule has 0 unspecified atom stereocenters. The number of aliphatic carboxylic acids is 1. The van der Waals surface area contributed by atoms with Crippen molar-refractivity contribution in [2.75, 3.05) is 5.32 Å².